The molecule has 0 aliphatic carbocycles. The lowest BCUT2D eigenvalue weighted by atomic mass is 9.97. The molecule has 0 radical (unpaired) electrons. The molecule has 1 aliphatic rings. The van der Waals surface area contributed by atoms with Crippen LogP contribution in [0.5, 0.6) is 11.5 Å². The summed E-state index contributed by atoms with van der Waals surface area (Å²) in [6, 6.07) is 21.2. The van der Waals surface area contributed by atoms with Crippen LogP contribution < -0.4 is 19.7 Å². The number of aliphatic hydroxyl groups excluding tert-OH is 3. The van der Waals surface area contributed by atoms with Gasteiger partial charge in [-0.05, 0) is 41.8 Å². The second-order valence-corrected chi connectivity index (χ2v) is 11.9. The average Bonchev–Trinajstić information content (AvgIpc) is 3.04. The van der Waals surface area contributed by atoms with Gasteiger partial charge in [-0.3, -0.25) is 14.1 Å². The number of aliphatic hydroxyl groups is 3. The Morgan fingerprint density at radius 2 is 1.53 bits per heavy atom. The van der Waals surface area contributed by atoms with Crippen molar-refractivity contribution < 1.29 is 52.7 Å². The van der Waals surface area contributed by atoms with Crippen LogP contribution in [0.15, 0.2) is 84.9 Å². The minimum atomic E-state index is -4.68. The first-order valence-corrected chi connectivity index (χ1v) is 15.7. The summed E-state index contributed by atoms with van der Waals surface area (Å²) in [6.07, 6.45) is -6.43. The molecule has 0 bridgehead atoms. The molecule has 14 heteroatoms. The smallest absolute Gasteiger partial charge is 0.459 e. The van der Waals surface area contributed by atoms with Gasteiger partial charge in [0.2, 0.25) is 5.91 Å². The van der Waals surface area contributed by atoms with E-state index in [4.69, 9.17) is 23.3 Å². The van der Waals surface area contributed by atoms with Crippen LogP contribution in [0.4, 0.5) is 0 Å². The van der Waals surface area contributed by atoms with E-state index >= 15 is 0 Å². The number of carbonyl (C=O) groups is 2. The van der Waals surface area contributed by atoms with Gasteiger partial charge in [-0.15, -0.1) is 0 Å². The summed E-state index contributed by atoms with van der Waals surface area (Å²) in [4.78, 5) is 25.3. The second kappa shape index (κ2) is 16.0. The van der Waals surface area contributed by atoms with Crippen molar-refractivity contribution in [1.29, 1.82) is 0 Å². The molecule has 7 atom stereocenters. The van der Waals surface area contributed by atoms with Gasteiger partial charge in [0.25, 0.3) is 0 Å². The third-order valence-electron chi connectivity index (χ3n) is 6.89. The Morgan fingerprint density at radius 3 is 2.11 bits per heavy atom. The minimum absolute atomic E-state index is 0.00810. The van der Waals surface area contributed by atoms with Crippen LogP contribution in [-0.4, -0.2) is 77.6 Å². The average molecular weight is 645 g/mol. The van der Waals surface area contributed by atoms with Gasteiger partial charge in [-0.2, -0.15) is 5.09 Å². The van der Waals surface area contributed by atoms with Gasteiger partial charge in [-0.1, -0.05) is 60.7 Å². The van der Waals surface area contributed by atoms with Crippen molar-refractivity contribution in [2.24, 2.45) is 0 Å². The summed E-state index contributed by atoms with van der Waals surface area (Å²) >= 11 is 0. The molecule has 3 aromatic carbocycles. The number of nitrogens with one attached hydrogen (secondary N) is 2. The van der Waals surface area contributed by atoms with Crippen LogP contribution >= 0.6 is 7.75 Å². The van der Waals surface area contributed by atoms with Crippen molar-refractivity contribution in [3.63, 3.8) is 0 Å². The minimum Gasteiger partial charge on any atom is -0.497 e. The number of hydrogen-bond donors (Lipinski definition) is 5. The van der Waals surface area contributed by atoms with Gasteiger partial charge in [0.15, 0.2) is 6.29 Å². The van der Waals surface area contributed by atoms with Crippen molar-refractivity contribution in [3.05, 3.63) is 96.1 Å². The van der Waals surface area contributed by atoms with E-state index in [1.807, 2.05) is 6.07 Å². The maximum absolute atomic E-state index is 14.6. The first-order valence-electron chi connectivity index (χ1n) is 14.1. The Hall–Kier alpha value is -3.81. The molecule has 0 aromatic heterocycles. The van der Waals surface area contributed by atoms with E-state index in [-0.39, 0.29) is 18.8 Å². The maximum Gasteiger partial charge on any atom is 0.459 e. The van der Waals surface area contributed by atoms with Gasteiger partial charge in [0.05, 0.1) is 13.7 Å². The zero-order valence-electron chi connectivity index (χ0n) is 24.7. The van der Waals surface area contributed by atoms with Crippen molar-refractivity contribution >= 4 is 19.6 Å². The topological polar surface area (TPSA) is 182 Å². The normalized spacial score (nSPS) is 23.3. The number of esters is 1. The van der Waals surface area contributed by atoms with Crippen molar-refractivity contribution in [1.82, 2.24) is 10.4 Å². The lowest BCUT2D eigenvalue weighted by Crippen LogP contribution is -2.64. The molecule has 3 aromatic rings. The van der Waals surface area contributed by atoms with Gasteiger partial charge >= 0.3 is 13.7 Å². The predicted molar refractivity (Wildman–Crippen MR) is 161 cm³/mol. The van der Waals surface area contributed by atoms with Crippen molar-refractivity contribution in [2.75, 3.05) is 13.7 Å². The molecule has 5 N–H and O–H groups in total. The van der Waals surface area contributed by atoms with E-state index in [0.29, 0.717) is 11.3 Å². The molecule has 1 aliphatic heterocycles. The van der Waals surface area contributed by atoms with E-state index in [1.54, 1.807) is 66.7 Å². The number of rotatable bonds is 14. The molecule has 1 saturated heterocycles. The number of amides is 1. The highest BCUT2D eigenvalue weighted by Crippen LogP contribution is 2.48. The molecule has 2 unspecified atom stereocenters. The fourth-order valence-corrected chi connectivity index (χ4v) is 6.38. The zero-order chi connectivity index (χ0) is 32.4. The van der Waals surface area contributed by atoms with Crippen LogP contribution in [0, 0.1) is 0 Å². The third-order valence-corrected chi connectivity index (χ3v) is 8.49. The fourth-order valence-electron chi connectivity index (χ4n) is 4.67. The number of ether oxygens (including phenoxy) is 3. The Labute approximate surface area is 260 Å². The molecular weight excluding hydrogens is 607 g/mol. The first-order chi connectivity index (χ1) is 21.6. The van der Waals surface area contributed by atoms with Crippen molar-refractivity contribution in [2.45, 2.75) is 56.6 Å². The maximum atomic E-state index is 14.6. The molecule has 1 heterocycles. The SMILES string of the molecule is COc1ccc(OP(=O)(NC(Cc2ccccc2)C(=O)OCc2ccccc2)O[C@H]2[C@H](O)[C@@H](NC(C)=O)[C@@H](O)O[C@@H]2CO)cc1. The van der Waals surface area contributed by atoms with Crippen LogP contribution in [0.3, 0.4) is 0 Å². The molecule has 1 amide bonds. The van der Waals surface area contributed by atoms with E-state index in [2.05, 4.69) is 10.4 Å². The lowest BCUT2D eigenvalue weighted by molar-refractivity contribution is -0.249. The van der Waals surface area contributed by atoms with E-state index in [9.17, 15) is 29.5 Å². The standard InChI is InChI=1S/C31H37N2O11P/c1-20(35)32-27-28(36)29(26(18-34)42-31(27)38)44-45(39,43-24-15-13-23(40-2)14-16-24)33-25(17-21-9-5-3-6-10-21)30(37)41-19-22-11-7-4-8-12-22/h3-16,25-29,31,34,36,38H,17-19H2,1-2H3,(H,32,35)(H,33,39)/t25?,26-,27-,28-,29-,31+,45?/m1/s1. The number of hydrogen-bond acceptors (Lipinski definition) is 11. The molecule has 13 nitrogen and oxygen atoms in total. The van der Waals surface area contributed by atoms with E-state index < -0.39 is 62.9 Å². The molecule has 0 saturated carbocycles. The number of benzene rings is 3. The third kappa shape index (κ3) is 9.59. The molecule has 4 rings (SSSR count). The highest BCUT2D eigenvalue weighted by molar-refractivity contribution is 7.52. The van der Waals surface area contributed by atoms with Gasteiger partial charge in [0, 0.05) is 6.92 Å². The molecular formula is C31H37N2O11P. The Balaban J connectivity index is 1.67. The van der Waals surface area contributed by atoms with Gasteiger partial charge < -0.3 is 39.4 Å². The first kappa shape index (κ1) is 34.1. The lowest BCUT2D eigenvalue weighted by Gasteiger charge is -2.43. The Morgan fingerprint density at radius 1 is 0.933 bits per heavy atom. The quantitative estimate of drug-likeness (QED) is 0.128. The zero-order valence-corrected chi connectivity index (χ0v) is 25.6. The van der Waals surface area contributed by atoms with Crippen LogP contribution in [-0.2, 0) is 41.2 Å². The van der Waals surface area contributed by atoms with E-state index in [0.717, 1.165) is 5.56 Å². The Kier molecular flexibility index (Phi) is 12.1. The highest BCUT2D eigenvalue weighted by Gasteiger charge is 2.50. The van der Waals surface area contributed by atoms with E-state index in [1.165, 1.54) is 26.2 Å². The monoisotopic (exact) mass is 644 g/mol. The molecule has 1 fully saturated rings. The van der Waals surface area contributed by atoms with Gasteiger partial charge in [0.1, 0.15) is 48.5 Å². The molecule has 45 heavy (non-hydrogen) atoms. The fraction of sp³-hybridized carbons (Fsp3) is 0.355. The van der Waals surface area contributed by atoms with Crippen LogP contribution in [0.1, 0.15) is 18.1 Å². The largest absolute Gasteiger partial charge is 0.497 e. The summed E-state index contributed by atoms with van der Waals surface area (Å²) in [5, 5.41) is 36.5. The molecule has 242 valence electrons. The Bertz CT molecular complexity index is 1430. The summed E-state index contributed by atoms with van der Waals surface area (Å²) in [5.41, 5.74) is 1.43. The number of methoxy groups -OCH3 is 1. The summed E-state index contributed by atoms with van der Waals surface area (Å²) in [7, 11) is -3.21. The summed E-state index contributed by atoms with van der Waals surface area (Å²) in [6.45, 7) is 0.345. The number of carbonyl (C=O) groups excluding carboxylic acids is 2. The predicted octanol–water partition coefficient (Wildman–Crippen LogP) is 2.09. The molecule has 0 spiro atoms. The highest BCUT2D eigenvalue weighted by atomic mass is 31.2. The summed E-state index contributed by atoms with van der Waals surface area (Å²) < 4.78 is 42.5. The van der Waals surface area contributed by atoms with Crippen molar-refractivity contribution in [3.8, 4) is 11.5 Å². The summed E-state index contributed by atoms with van der Waals surface area (Å²) in [5.74, 6) is -0.826. The second-order valence-electron chi connectivity index (χ2n) is 10.3. The van der Waals surface area contributed by atoms with Crippen LogP contribution in [0.2, 0.25) is 0 Å². The van der Waals surface area contributed by atoms with Crippen LogP contribution in [0.25, 0.3) is 0 Å². The van der Waals surface area contributed by atoms with Gasteiger partial charge in [-0.25, -0.2) is 4.57 Å².